The number of fused-ring (bicyclic) bond motifs is 1. The number of ether oxygens (including phenoxy) is 2. The lowest BCUT2D eigenvalue weighted by Crippen LogP contribution is -2.43. The van der Waals surface area contributed by atoms with E-state index in [2.05, 4.69) is 52.9 Å². The largest absolute Gasteiger partial charge is 0.463 e. The number of hydrogen-bond acceptors (Lipinski definition) is 11. The summed E-state index contributed by atoms with van der Waals surface area (Å²) in [6.45, 7) is 8.93. The first-order valence-corrected chi connectivity index (χ1v) is 28.5. The average molecular weight is 933 g/mol. The number of carbonyl (C=O) groups excluding carboxylic acids is 3. The monoisotopic (exact) mass is 933 g/mol. The molecule has 0 saturated heterocycles. The highest BCUT2D eigenvalue weighted by Crippen LogP contribution is 2.34. The van der Waals surface area contributed by atoms with Gasteiger partial charge in [0.2, 0.25) is 11.9 Å². The molecule has 0 aliphatic heterocycles. The predicted octanol–water partition coefficient (Wildman–Crippen LogP) is 14.4. The lowest BCUT2D eigenvalue weighted by molar-refractivity contribution is -0.154. The normalized spacial score (nSPS) is 12.9. The first-order chi connectivity index (χ1) is 31.3. The Kier molecular flexibility index (Phi) is 35.6. The number of anilines is 1. The number of nitrogen functional groups attached to an aromatic ring is 1. The summed E-state index contributed by atoms with van der Waals surface area (Å²) in [4.78, 5) is 56.4. The van der Waals surface area contributed by atoms with Crippen LogP contribution in [0, 0.1) is 11.8 Å². The zero-order chi connectivity index (χ0) is 46.3. The second kappa shape index (κ2) is 39.6. The van der Waals surface area contributed by atoms with E-state index in [1.165, 1.54) is 83.5 Å². The van der Waals surface area contributed by atoms with Gasteiger partial charge in [-0.05, 0) is 49.3 Å². The molecule has 0 radical (unpaired) electrons. The van der Waals surface area contributed by atoms with Crippen molar-refractivity contribution in [1.29, 1.82) is 0 Å². The maximum absolute atomic E-state index is 13.6. The molecule has 0 aromatic carbocycles. The lowest BCUT2D eigenvalue weighted by Gasteiger charge is -2.23. The van der Waals surface area contributed by atoms with Gasteiger partial charge in [0.15, 0.2) is 5.65 Å². The van der Waals surface area contributed by atoms with Gasteiger partial charge in [-0.25, -0.2) is 9.97 Å². The second-order valence-corrected chi connectivity index (χ2v) is 20.6. The summed E-state index contributed by atoms with van der Waals surface area (Å²) in [5.74, 6) is 0.605. The fourth-order valence-corrected chi connectivity index (χ4v) is 10.4. The highest BCUT2D eigenvalue weighted by Gasteiger charge is 2.25. The van der Waals surface area contributed by atoms with E-state index < -0.39 is 6.04 Å². The number of aromatic nitrogens is 4. The molecule has 2 aromatic heterocycles. The maximum Gasteiger partial charge on any atom is 0.309 e. The van der Waals surface area contributed by atoms with E-state index in [0.29, 0.717) is 12.1 Å². The zero-order valence-electron chi connectivity index (χ0n) is 41.0. The van der Waals surface area contributed by atoms with Crippen LogP contribution in [0.1, 0.15) is 240 Å². The summed E-state index contributed by atoms with van der Waals surface area (Å²) in [7, 11) is 3.40. The summed E-state index contributed by atoms with van der Waals surface area (Å²) >= 11 is 0. The molecule has 2 heterocycles. The first-order valence-electron chi connectivity index (χ1n) is 26.2. The van der Waals surface area contributed by atoms with E-state index in [0.717, 1.165) is 138 Å². The van der Waals surface area contributed by atoms with Gasteiger partial charge in [0, 0.05) is 12.2 Å². The SMILES string of the molecule is CCCCCCCCC(CCCCCC)C(=O)OCC(COC(=O)C(CCCCCC)CCCCCCCC)NC(=O)CCCCCCCCCCSSc1nc(N)nc2nc[nH]c12. The number of H-pyrrole nitrogens is 1. The standard InChI is InChI=1S/C51H92N6O5S2/c1-5-9-13-17-23-29-35-42(33-27-15-11-7-3)49(59)61-39-44(40-62-50(60)43(34-28-16-12-8-4)36-30-24-18-14-10-6-2)55-45(58)37-31-25-21-19-20-22-26-32-38-63-64-48-46-47(54-41-53-46)56-51(52)57-48/h41-44H,5-40H2,1-4H3,(H,55,58)(H3,52,53,54,56,57). The number of imidazole rings is 1. The molecule has 2 rings (SSSR count). The van der Waals surface area contributed by atoms with Crippen molar-refractivity contribution in [2.45, 2.75) is 251 Å². The van der Waals surface area contributed by atoms with Crippen molar-refractivity contribution in [1.82, 2.24) is 25.3 Å². The Bertz CT molecular complexity index is 1420. The molecule has 2 unspecified atom stereocenters. The maximum atomic E-state index is 13.6. The van der Waals surface area contributed by atoms with Crippen LogP contribution in [0.4, 0.5) is 5.95 Å². The molecule has 2 aromatic rings. The third-order valence-corrected chi connectivity index (χ3v) is 14.7. The van der Waals surface area contributed by atoms with Crippen LogP contribution in [0.2, 0.25) is 0 Å². The predicted molar refractivity (Wildman–Crippen MR) is 270 cm³/mol. The van der Waals surface area contributed by atoms with Crippen LogP contribution in [-0.2, 0) is 23.9 Å². The minimum atomic E-state index is -0.563. The van der Waals surface area contributed by atoms with Gasteiger partial charge in [-0.1, -0.05) is 205 Å². The van der Waals surface area contributed by atoms with Crippen molar-refractivity contribution < 1.29 is 23.9 Å². The summed E-state index contributed by atoms with van der Waals surface area (Å²) < 4.78 is 12.0. The third kappa shape index (κ3) is 28.5. The number of esters is 2. The fraction of sp³-hybridized carbons (Fsp3) is 0.843. The molecule has 0 saturated carbocycles. The van der Waals surface area contributed by atoms with Gasteiger partial charge in [0.05, 0.1) is 24.2 Å². The molecule has 0 aliphatic rings. The Hall–Kier alpha value is -2.54. The van der Waals surface area contributed by atoms with Gasteiger partial charge in [0.25, 0.3) is 0 Å². The smallest absolute Gasteiger partial charge is 0.309 e. The van der Waals surface area contributed by atoms with E-state index in [-0.39, 0.29) is 48.8 Å². The fourth-order valence-electron chi connectivity index (χ4n) is 8.26. The molecule has 11 nitrogen and oxygen atoms in total. The number of amides is 1. The van der Waals surface area contributed by atoms with Crippen LogP contribution in [0.25, 0.3) is 11.2 Å². The second-order valence-electron chi connectivity index (χ2n) is 18.2. The minimum absolute atomic E-state index is 0.0268. The molecule has 368 valence electrons. The molecule has 4 N–H and O–H groups in total. The van der Waals surface area contributed by atoms with E-state index in [1.807, 2.05) is 0 Å². The van der Waals surface area contributed by atoms with Gasteiger partial charge in [-0.3, -0.25) is 14.4 Å². The molecule has 0 spiro atoms. The van der Waals surface area contributed by atoms with E-state index in [4.69, 9.17) is 15.2 Å². The number of nitrogens with one attached hydrogen (secondary N) is 2. The first kappa shape index (κ1) is 57.6. The number of nitrogens with two attached hydrogens (primary N) is 1. The van der Waals surface area contributed by atoms with E-state index in [9.17, 15) is 14.4 Å². The molecule has 0 bridgehead atoms. The van der Waals surface area contributed by atoms with Crippen molar-refractivity contribution in [3.05, 3.63) is 6.33 Å². The summed E-state index contributed by atoms with van der Waals surface area (Å²) in [5, 5.41) is 3.94. The molecule has 0 fully saturated rings. The van der Waals surface area contributed by atoms with Crippen LogP contribution in [0.3, 0.4) is 0 Å². The topological polar surface area (TPSA) is 162 Å². The number of unbranched alkanes of at least 4 members (excludes halogenated alkanes) is 23. The van der Waals surface area contributed by atoms with Crippen molar-refractivity contribution in [3.63, 3.8) is 0 Å². The van der Waals surface area contributed by atoms with Gasteiger partial charge < -0.3 is 25.5 Å². The third-order valence-electron chi connectivity index (χ3n) is 12.3. The van der Waals surface area contributed by atoms with Gasteiger partial charge >= 0.3 is 11.9 Å². The Morgan fingerprint density at radius 2 is 1.02 bits per heavy atom. The van der Waals surface area contributed by atoms with Crippen LogP contribution in [-0.4, -0.2) is 62.8 Å². The number of nitrogens with zero attached hydrogens (tertiary/aromatic N) is 3. The molecular formula is C51H92N6O5S2. The molecule has 13 heteroatoms. The highest BCUT2D eigenvalue weighted by atomic mass is 33.1. The van der Waals surface area contributed by atoms with Crippen LogP contribution in [0.5, 0.6) is 0 Å². The number of carbonyl (C=O) groups is 3. The number of rotatable bonds is 44. The molecular weight excluding hydrogens is 841 g/mol. The quantitative estimate of drug-likeness (QED) is 0.0251. The summed E-state index contributed by atoms with van der Waals surface area (Å²) in [5.41, 5.74) is 7.27. The minimum Gasteiger partial charge on any atom is -0.463 e. The number of aromatic amines is 1. The van der Waals surface area contributed by atoms with Crippen molar-refractivity contribution >= 4 is 56.5 Å². The lowest BCUT2D eigenvalue weighted by atomic mass is 9.94. The highest BCUT2D eigenvalue weighted by molar-refractivity contribution is 8.76. The molecule has 0 aliphatic carbocycles. The Morgan fingerprint density at radius 3 is 1.50 bits per heavy atom. The number of hydrogen-bond donors (Lipinski definition) is 3. The van der Waals surface area contributed by atoms with E-state index in [1.54, 1.807) is 27.9 Å². The molecule has 1 amide bonds. The molecule has 2 atom stereocenters. The summed E-state index contributed by atoms with van der Waals surface area (Å²) in [6, 6.07) is -0.563. The van der Waals surface area contributed by atoms with Crippen LogP contribution in [0.15, 0.2) is 11.4 Å². The zero-order valence-corrected chi connectivity index (χ0v) is 42.7. The van der Waals surface area contributed by atoms with Gasteiger partial charge in [0.1, 0.15) is 23.8 Å². The van der Waals surface area contributed by atoms with Crippen LogP contribution < -0.4 is 11.1 Å². The Balaban J connectivity index is 1.85. The Morgan fingerprint density at radius 1 is 0.594 bits per heavy atom. The van der Waals surface area contributed by atoms with Gasteiger partial charge in [-0.2, -0.15) is 4.98 Å². The van der Waals surface area contributed by atoms with Crippen molar-refractivity contribution in [2.24, 2.45) is 11.8 Å². The van der Waals surface area contributed by atoms with Gasteiger partial charge in [-0.15, -0.1) is 0 Å². The van der Waals surface area contributed by atoms with Crippen LogP contribution >= 0.6 is 21.6 Å². The average Bonchev–Trinajstić information content (AvgIpc) is 3.77. The summed E-state index contributed by atoms with van der Waals surface area (Å²) in [6.07, 6.45) is 37.4. The van der Waals surface area contributed by atoms with E-state index >= 15 is 0 Å². The van der Waals surface area contributed by atoms with Crippen molar-refractivity contribution in [2.75, 3.05) is 24.7 Å². The molecule has 64 heavy (non-hydrogen) atoms. The Labute approximate surface area is 397 Å². The van der Waals surface area contributed by atoms with Crippen molar-refractivity contribution in [3.8, 4) is 0 Å².